The fraction of sp³-hybridized carbons (Fsp3) is 0.455. The first-order chi connectivity index (χ1) is 8.31. The number of hydrogen-bond acceptors (Lipinski definition) is 4. The Morgan fingerprint density at radius 1 is 1.56 bits per heavy atom. The molecule has 0 aromatic heterocycles. The summed E-state index contributed by atoms with van der Waals surface area (Å²) in [5.41, 5.74) is -0.102. The first-order valence-electron chi connectivity index (χ1n) is 5.39. The van der Waals surface area contributed by atoms with Crippen LogP contribution in [-0.4, -0.2) is 22.2 Å². The zero-order chi connectivity index (χ0) is 13.9. The van der Waals surface area contributed by atoms with Gasteiger partial charge in [0, 0.05) is 6.04 Å². The van der Waals surface area contributed by atoms with Gasteiger partial charge in [0.25, 0.3) is 5.69 Å². The molecule has 0 saturated heterocycles. The third-order valence-electron chi connectivity index (χ3n) is 2.33. The van der Waals surface area contributed by atoms with Crippen molar-refractivity contribution in [2.45, 2.75) is 32.4 Å². The van der Waals surface area contributed by atoms with Crippen molar-refractivity contribution in [1.82, 2.24) is 0 Å². The Hall–Kier alpha value is -1.21. The van der Waals surface area contributed by atoms with E-state index in [1.165, 1.54) is 6.07 Å². The molecular formula is C11H14BrFN2O3. The highest BCUT2D eigenvalue weighted by Crippen LogP contribution is 2.31. The van der Waals surface area contributed by atoms with E-state index in [0.717, 1.165) is 6.07 Å². The summed E-state index contributed by atoms with van der Waals surface area (Å²) >= 11 is 2.98. The Bertz CT molecular complexity index is 454. The van der Waals surface area contributed by atoms with Crippen molar-refractivity contribution in [1.29, 1.82) is 0 Å². The number of hydrogen-bond donors (Lipinski definition) is 2. The number of rotatable bonds is 5. The van der Waals surface area contributed by atoms with Crippen molar-refractivity contribution < 1.29 is 14.4 Å². The standard InChI is InChI=1S/C11H14BrFN2O3/c1-6(3-7(2)16)14-10-4-8(12)9(13)5-11(10)15(17)18/h4-7,14,16H,3H2,1-2H3. The SMILES string of the molecule is CC(O)CC(C)Nc1cc(Br)c(F)cc1[N+](=O)[O-]. The summed E-state index contributed by atoms with van der Waals surface area (Å²) in [6.45, 7) is 3.42. The molecule has 0 aliphatic rings. The van der Waals surface area contributed by atoms with Crippen LogP contribution < -0.4 is 5.32 Å². The minimum absolute atomic E-state index is 0.153. The van der Waals surface area contributed by atoms with Crippen molar-refractivity contribution in [2.75, 3.05) is 5.32 Å². The molecular weight excluding hydrogens is 307 g/mol. The van der Waals surface area contributed by atoms with E-state index in [-0.39, 0.29) is 21.9 Å². The van der Waals surface area contributed by atoms with E-state index in [4.69, 9.17) is 0 Å². The van der Waals surface area contributed by atoms with Crippen LogP contribution in [0.25, 0.3) is 0 Å². The molecule has 2 unspecified atom stereocenters. The first kappa shape index (κ1) is 14.8. The van der Waals surface area contributed by atoms with Crippen LogP contribution in [0.5, 0.6) is 0 Å². The third kappa shape index (κ3) is 3.92. The quantitative estimate of drug-likeness (QED) is 0.645. The van der Waals surface area contributed by atoms with Crippen LogP contribution in [0, 0.1) is 15.9 Å². The lowest BCUT2D eigenvalue weighted by Crippen LogP contribution is -2.21. The summed E-state index contributed by atoms with van der Waals surface area (Å²) in [7, 11) is 0. The van der Waals surface area contributed by atoms with Crippen LogP contribution in [0.1, 0.15) is 20.3 Å². The van der Waals surface area contributed by atoms with Crippen LogP contribution >= 0.6 is 15.9 Å². The van der Waals surface area contributed by atoms with Gasteiger partial charge >= 0.3 is 0 Å². The smallest absolute Gasteiger partial charge is 0.295 e. The lowest BCUT2D eigenvalue weighted by atomic mass is 10.1. The molecule has 0 saturated carbocycles. The number of aliphatic hydroxyl groups is 1. The van der Waals surface area contributed by atoms with Crippen molar-refractivity contribution in [2.24, 2.45) is 0 Å². The maximum absolute atomic E-state index is 13.2. The van der Waals surface area contributed by atoms with E-state index in [1.54, 1.807) is 13.8 Å². The molecule has 7 heteroatoms. The lowest BCUT2D eigenvalue weighted by molar-refractivity contribution is -0.384. The average molecular weight is 321 g/mol. The van der Waals surface area contributed by atoms with Gasteiger partial charge in [-0.3, -0.25) is 10.1 Å². The number of aliphatic hydroxyl groups excluding tert-OH is 1. The number of nitrogens with one attached hydrogen (secondary N) is 1. The number of nitro benzene ring substituents is 1. The molecule has 1 aromatic rings. The van der Waals surface area contributed by atoms with Gasteiger partial charge in [-0.25, -0.2) is 4.39 Å². The predicted octanol–water partition coefficient (Wildman–Crippen LogP) is 3.07. The van der Waals surface area contributed by atoms with Crippen LogP contribution in [-0.2, 0) is 0 Å². The summed E-state index contributed by atoms with van der Waals surface area (Å²) in [5, 5.41) is 23.0. The van der Waals surface area contributed by atoms with Crippen LogP contribution in [0.15, 0.2) is 16.6 Å². The molecule has 1 aromatic carbocycles. The fourth-order valence-electron chi connectivity index (χ4n) is 1.64. The Labute approximate surface area is 112 Å². The number of anilines is 1. The van der Waals surface area contributed by atoms with Crippen LogP contribution in [0.3, 0.4) is 0 Å². The Balaban J connectivity index is 3.00. The van der Waals surface area contributed by atoms with E-state index in [2.05, 4.69) is 21.2 Å². The predicted molar refractivity (Wildman–Crippen MR) is 70.1 cm³/mol. The summed E-state index contributed by atoms with van der Waals surface area (Å²) < 4.78 is 13.4. The average Bonchev–Trinajstić information content (AvgIpc) is 2.21. The van der Waals surface area contributed by atoms with Crippen LogP contribution in [0.2, 0.25) is 0 Å². The number of benzene rings is 1. The fourth-order valence-corrected chi connectivity index (χ4v) is 1.98. The topological polar surface area (TPSA) is 75.4 Å². The molecule has 2 N–H and O–H groups in total. The van der Waals surface area contributed by atoms with Crippen molar-refractivity contribution in [3.05, 3.63) is 32.5 Å². The molecule has 0 bridgehead atoms. The molecule has 100 valence electrons. The van der Waals surface area contributed by atoms with Gasteiger partial charge in [0.05, 0.1) is 21.6 Å². The third-order valence-corrected chi connectivity index (χ3v) is 2.94. The summed E-state index contributed by atoms with van der Waals surface area (Å²) in [6, 6.07) is 2.02. The van der Waals surface area contributed by atoms with E-state index < -0.39 is 16.8 Å². The van der Waals surface area contributed by atoms with Gasteiger partial charge in [0.2, 0.25) is 0 Å². The molecule has 2 atom stereocenters. The van der Waals surface area contributed by atoms with Crippen molar-refractivity contribution in [3.8, 4) is 0 Å². The molecule has 0 fully saturated rings. The first-order valence-corrected chi connectivity index (χ1v) is 6.18. The Morgan fingerprint density at radius 2 is 2.17 bits per heavy atom. The van der Waals surface area contributed by atoms with E-state index in [1.807, 2.05) is 0 Å². The van der Waals surface area contributed by atoms with Gasteiger partial charge in [-0.1, -0.05) is 0 Å². The molecule has 18 heavy (non-hydrogen) atoms. The van der Waals surface area contributed by atoms with Crippen molar-refractivity contribution in [3.63, 3.8) is 0 Å². The lowest BCUT2D eigenvalue weighted by Gasteiger charge is -2.17. The minimum Gasteiger partial charge on any atom is -0.393 e. The summed E-state index contributed by atoms with van der Waals surface area (Å²) in [4.78, 5) is 10.2. The largest absolute Gasteiger partial charge is 0.393 e. The zero-order valence-electron chi connectivity index (χ0n) is 9.98. The highest BCUT2D eigenvalue weighted by molar-refractivity contribution is 9.10. The molecule has 5 nitrogen and oxygen atoms in total. The maximum atomic E-state index is 13.2. The highest BCUT2D eigenvalue weighted by atomic mass is 79.9. The van der Waals surface area contributed by atoms with Gasteiger partial charge in [0.15, 0.2) is 0 Å². The van der Waals surface area contributed by atoms with Crippen molar-refractivity contribution >= 4 is 27.3 Å². The zero-order valence-corrected chi connectivity index (χ0v) is 11.6. The second-order valence-corrected chi connectivity index (χ2v) is 5.03. The normalized spacial score (nSPS) is 14.1. The number of nitrogens with zero attached hydrogens (tertiary/aromatic N) is 1. The number of nitro groups is 1. The molecule has 0 aliphatic heterocycles. The molecule has 0 radical (unpaired) electrons. The summed E-state index contributed by atoms with van der Waals surface area (Å²) in [5.74, 6) is -0.685. The molecule has 0 heterocycles. The number of halogens is 2. The Kier molecular flexibility index (Phi) is 5.03. The summed E-state index contributed by atoms with van der Waals surface area (Å²) in [6.07, 6.45) is -0.0814. The van der Waals surface area contributed by atoms with Gasteiger partial charge in [-0.2, -0.15) is 0 Å². The van der Waals surface area contributed by atoms with Gasteiger partial charge < -0.3 is 10.4 Å². The second kappa shape index (κ2) is 6.10. The molecule has 0 spiro atoms. The van der Waals surface area contributed by atoms with Gasteiger partial charge in [-0.05, 0) is 42.3 Å². The van der Waals surface area contributed by atoms with E-state index >= 15 is 0 Å². The molecule has 0 amide bonds. The molecule has 0 aliphatic carbocycles. The van der Waals surface area contributed by atoms with E-state index in [9.17, 15) is 19.6 Å². The molecule has 1 rings (SSSR count). The van der Waals surface area contributed by atoms with Crippen LogP contribution in [0.4, 0.5) is 15.8 Å². The van der Waals surface area contributed by atoms with Gasteiger partial charge in [0.1, 0.15) is 11.5 Å². The second-order valence-electron chi connectivity index (χ2n) is 4.17. The maximum Gasteiger partial charge on any atom is 0.295 e. The monoisotopic (exact) mass is 320 g/mol. The van der Waals surface area contributed by atoms with Gasteiger partial charge in [-0.15, -0.1) is 0 Å². The van der Waals surface area contributed by atoms with E-state index in [0.29, 0.717) is 6.42 Å². The highest BCUT2D eigenvalue weighted by Gasteiger charge is 2.19. The minimum atomic E-state index is -0.685. The Morgan fingerprint density at radius 3 is 2.67 bits per heavy atom.